The highest BCUT2D eigenvalue weighted by Crippen LogP contribution is 2.32. The number of H-pyrrole nitrogens is 1. The SMILES string of the molecule is COCCOCCN1CCN(c2ccc(-c3nc4c(NC5CCN(C(C)C)CC5)c(Cl)cnc4[nH]3)cc2)CC1. The minimum atomic E-state index is 0.381. The minimum Gasteiger partial charge on any atom is -0.382 e. The number of anilines is 2. The molecule has 2 aliphatic rings. The van der Waals surface area contributed by atoms with Gasteiger partial charge < -0.3 is 29.6 Å². The summed E-state index contributed by atoms with van der Waals surface area (Å²) in [6, 6.07) is 9.62. The maximum Gasteiger partial charge on any atom is 0.159 e. The highest BCUT2D eigenvalue weighted by Gasteiger charge is 2.23. The molecule has 0 amide bonds. The van der Waals surface area contributed by atoms with Crippen LogP contribution >= 0.6 is 11.6 Å². The van der Waals surface area contributed by atoms with E-state index >= 15 is 0 Å². The average Bonchev–Trinajstić information content (AvgIpc) is 3.40. The number of benzene rings is 1. The summed E-state index contributed by atoms with van der Waals surface area (Å²) in [6.07, 6.45) is 3.90. The molecule has 5 rings (SSSR count). The Morgan fingerprint density at radius 2 is 1.77 bits per heavy atom. The molecule has 9 nitrogen and oxygen atoms in total. The molecule has 2 N–H and O–H groups in total. The summed E-state index contributed by atoms with van der Waals surface area (Å²) >= 11 is 6.61. The first-order chi connectivity index (χ1) is 19.0. The van der Waals surface area contributed by atoms with E-state index in [1.807, 2.05) is 0 Å². The van der Waals surface area contributed by atoms with Gasteiger partial charge in [0.05, 0.1) is 36.7 Å². The zero-order valence-corrected chi connectivity index (χ0v) is 24.2. The summed E-state index contributed by atoms with van der Waals surface area (Å²) in [4.78, 5) is 20.3. The van der Waals surface area contributed by atoms with Crippen LogP contribution in [0.2, 0.25) is 5.02 Å². The van der Waals surface area contributed by atoms with E-state index in [1.54, 1.807) is 13.3 Å². The van der Waals surface area contributed by atoms with Gasteiger partial charge in [-0.1, -0.05) is 11.6 Å². The number of pyridine rings is 1. The molecule has 3 aromatic rings. The molecule has 0 atom stereocenters. The zero-order chi connectivity index (χ0) is 27.2. The number of hydrogen-bond donors (Lipinski definition) is 2. The molecule has 2 saturated heterocycles. The lowest BCUT2D eigenvalue weighted by Crippen LogP contribution is -2.47. The van der Waals surface area contributed by atoms with E-state index in [0.29, 0.717) is 30.3 Å². The molecule has 212 valence electrons. The first-order valence-corrected chi connectivity index (χ1v) is 14.6. The van der Waals surface area contributed by atoms with E-state index in [0.717, 1.165) is 93.5 Å². The molecule has 10 heteroatoms. The van der Waals surface area contributed by atoms with Crippen LogP contribution in [0.3, 0.4) is 0 Å². The van der Waals surface area contributed by atoms with Gasteiger partial charge in [-0.15, -0.1) is 0 Å². The first kappa shape index (κ1) is 28.1. The Morgan fingerprint density at radius 1 is 1.03 bits per heavy atom. The third-order valence-corrected chi connectivity index (χ3v) is 8.22. The second kappa shape index (κ2) is 13.3. The van der Waals surface area contributed by atoms with Crippen LogP contribution in [0.25, 0.3) is 22.6 Å². The van der Waals surface area contributed by atoms with Gasteiger partial charge in [0.1, 0.15) is 11.3 Å². The van der Waals surface area contributed by atoms with E-state index < -0.39 is 0 Å². The standard InChI is InChI=1S/C29H42ClN7O2/c1-21(2)36-10-8-23(9-11-36)32-26-25(30)20-31-29-27(26)33-28(34-29)22-4-6-24(7-5-22)37-14-12-35(13-15-37)16-17-39-19-18-38-3/h4-7,20-21,23H,8-19H2,1-3H3,(H2,31,32,33,34). The summed E-state index contributed by atoms with van der Waals surface area (Å²) in [6.45, 7) is 13.8. The summed E-state index contributed by atoms with van der Waals surface area (Å²) in [7, 11) is 1.70. The van der Waals surface area contributed by atoms with Crippen molar-refractivity contribution in [2.75, 3.05) is 83.0 Å². The fraction of sp³-hybridized carbons (Fsp3) is 0.586. The highest BCUT2D eigenvalue weighted by molar-refractivity contribution is 6.34. The quantitative estimate of drug-likeness (QED) is 0.338. The molecule has 0 saturated carbocycles. The topological polar surface area (TPSA) is 81.8 Å². The number of aromatic amines is 1. The van der Waals surface area contributed by atoms with Gasteiger partial charge >= 0.3 is 0 Å². The number of aromatic nitrogens is 3. The Kier molecular flexibility index (Phi) is 9.57. The van der Waals surface area contributed by atoms with Crippen LogP contribution in [-0.4, -0.2) is 110 Å². The molecule has 0 unspecified atom stereocenters. The van der Waals surface area contributed by atoms with Crippen LogP contribution in [0.15, 0.2) is 30.5 Å². The largest absolute Gasteiger partial charge is 0.382 e. The van der Waals surface area contributed by atoms with Gasteiger partial charge in [0.15, 0.2) is 5.65 Å². The molecule has 0 bridgehead atoms. The molecule has 39 heavy (non-hydrogen) atoms. The van der Waals surface area contributed by atoms with E-state index in [1.165, 1.54) is 5.69 Å². The third kappa shape index (κ3) is 7.02. The maximum absolute atomic E-state index is 6.61. The van der Waals surface area contributed by atoms with Gasteiger partial charge in [-0.05, 0) is 51.0 Å². The zero-order valence-electron chi connectivity index (χ0n) is 23.5. The predicted octanol–water partition coefficient (Wildman–Crippen LogP) is 4.35. The number of halogens is 1. The fourth-order valence-corrected chi connectivity index (χ4v) is 5.66. The number of nitrogens with one attached hydrogen (secondary N) is 2. The van der Waals surface area contributed by atoms with E-state index in [4.69, 9.17) is 26.1 Å². The van der Waals surface area contributed by atoms with Crippen LogP contribution in [0, 0.1) is 0 Å². The van der Waals surface area contributed by atoms with Crippen molar-refractivity contribution >= 4 is 34.1 Å². The number of piperidine rings is 1. The molecule has 4 heterocycles. The number of imidazole rings is 1. The molecule has 0 spiro atoms. The molecule has 0 radical (unpaired) electrons. The lowest BCUT2D eigenvalue weighted by molar-refractivity contribution is 0.0563. The number of ether oxygens (including phenoxy) is 2. The van der Waals surface area contributed by atoms with Gasteiger partial charge in [0, 0.05) is 76.3 Å². The van der Waals surface area contributed by atoms with Crippen LogP contribution in [0.4, 0.5) is 11.4 Å². The van der Waals surface area contributed by atoms with Crippen LogP contribution in [0.5, 0.6) is 0 Å². The maximum atomic E-state index is 6.61. The average molecular weight is 556 g/mol. The number of piperazine rings is 1. The smallest absolute Gasteiger partial charge is 0.159 e. The summed E-state index contributed by atoms with van der Waals surface area (Å²) in [5, 5.41) is 4.30. The summed E-state index contributed by atoms with van der Waals surface area (Å²) in [5.41, 5.74) is 4.71. The van der Waals surface area contributed by atoms with E-state index in [-0.39, 0.29) is 0 Å². The van der Waals surface area contributed by atoms with Crippen molar-refractivity contribution < 1.29 is 9.47 Å². The second-order valence-electron chi connectivity index (χ2n) is 10.8. The summed E-state index contributed by atoms with van der Waals surface area (Å²) in [5.74, 6) is 0.808. The van der Waals surface area contributed by atoms with Gasteiger partial charge in [-0.2, -0.15) is 0 Å². The van der Waals surface area contributed by atoms with Gasteiger partial charge in [-0.25, -0.2) is 9.97 Å². The molecular formula is C29H42ClN7O2. The van der Waals surface area contributed by atoms with Crippen LogP contribution in [0.1, 0.15) is 26.7 Å². The number of hydrogen-bond acceptors (Lipinski definition) is 8. The van der Waals surface area contributed by atoms with Gasteiger partial charge in [0.25, 0.3) is 0 Å². The van der Waals surface area contributed by atoms with Crippen molar-refractivity contribution in [1.82, 2.24) is 24.8 Å². The Balaban J connectivity index is 1.20. The Morgan fingerprint density at radius 3 is 2.46 bits per heavy atom. The number of rotatable bonds is 11. The Hall–Kier alpha value is -2.43. The third-order valence-electron chi connectivity index (χ3n) is 7.94. The molecular weight excluding hydrogens is 514 g/mol. The van der Waals surface area contributed by atoms with E-state index in [9.17, 15) is 0 Å². The van der Waals surface area contributed by atoms with Crippen molar-refractivity contribution in [3.05, 3.63) is 35.5 Å². The predicted molar refractivity (Wildman–Crippen MR) is 159 cm³/mol. The normalized spacial score (nSPS) is 17.9. The highest BCUT2D eigenvalue weighted by atomic mass is 35.5. The number of fused-ring (bicyclic) bond motifs is 1. The lowest BCUT2D eigenvalue weighted by Gasteiger charge is -2.36. The molecule has 2 aliphatic heterocycles. The second-order valence-corrected chi connectivity index (χ2v) is 11.2. The molecule has 0 aliphatic carbocycles. The monoisotopic (exact) mass is 555 g/mol. The Labute approximate surface area is 236 Å². The Bertz CT molecular complexity index is 1190. The van der Waals surface area contributed by atoms with Gasteiger partial charge in [0.2, 0.25) is 0 Å². The number of nitrogens with zero attached hydrogens (tertiary/aromatic N) is 5. The minimum absolute atomic E-state index is 0.381. The van der Waals surface area contributed by atoms with Crippen LogP contribution < -0.4 is 10.2 Å². The molecule has 2 aromatic heterocycles. The lowest BCUT2D eigenvalue weighted by atomic mass is 10.0. The van der Waals surface area contributed by atoms with Crippen molar-refractivity contribution in [2.24, 2.45) is 0 Å². The summed E-state index contributed by atoms with van der Waals surface area (Å²) < 4.78 is 10.7. The molecule has 1 aromatic carbocycles. The first-order valence-electron chi connectivity index (χ1n) is 14.2. The van der Waals surface area contributed by atoms with Crippen molar-refractivity contribution in [3.8, 4) is 11.4 Å². The van der Waals surface area contributed by atoms with E-state index in [2.05, 4.69) is 68.1 Å². The number of methoxy groups -OCH3 is 1. The molecule has 2 fully saturated rings. The fourth-order valence-electron chi connectivity index (χ4n) is 5.47. The van der Waals surface area contributed by atoms with Crippen LogP contribution in [-0.2, 0) is 9.47 Å². The van der Waals surface area contributed by atoms with Crippen molar-refractivity contribution in [1.29, 1.82) is 0 Å². The number of likely N-dealkylation sites (tertiary alicyclic amines) is 1. The van der Waals surface area contributed by atoms with Crippen molar-refractivity contribution in [3.63, 3.8) is 0 Å². The van der Waals surface area contributed by atoms with Crippen molar-refractivity contribution in [2.45, 2.75) is 38.8 Å². The van der Waals surface area contributed by atoms with Gasteiger partial charge in [-0.3, -0.25) is 4.90 Å².